The summed E-state index contributed by atoms with van der Waals surface area (Å²) in [6.45, 7) is 1.62. The molecule has 1 atom stereocenters. The summed E-state index contributed by atoms with van der Waals surface area (Å²) in [5.74, 6) is 1.76. The third-order valence-corrected chi connectivity index (χ3v) is 3.47. The Morgan fingerprint density at radius 1 is 1.37 bits per heavy atom. The quantitative estimate of drug-likeness (QED) is 0.919. The summed E-state index contributed by atoms with van der Waals surface area (Å²) < 4.78 is 10.8. The van der Waals surface area contributed by atoms with E-state index in [0.29, 0.717) is 6.04 Å². The fourth-order valence-electron chi connectivity index (χ4n) is 2.44. The highest BCUT2D eigenvalue weighted by molar-refractivity contribution is 5.92. The lowest BCUT2D eigenvalue weighted by Crippen LogP contribution is -2.30. The smallest absolute Gasteiger partial charge is 0.134 e. The zero-order valence-corrected chi connectivity index (χ0v) is 11.1. The molecule has 0 spiro atoms. The molecule has 1 aliphatic heterocycles. The highest BCUT2D eigenvalue weighted by atomic mass is 16.5. The van der Waals surface area contributed by atoms with Crippen molar-refractivity contribution in [2.24, 2.45) is 0 Å². The number of rotatable bonds is 3. The average molecular weight is 258 g/mol. The fourth-order valence-corrected chi connectivity index (χ4v) is 2.44. The first-order valence-corrected chi connectivity index (χ1v) is 6.64. The van der Waals surface area contributed by atoms with Crippen LogP contribution in [0.15, 0.2) is 30.5 Å². The summed E-state index contributed by atoms with van der Waals surface area (Å²) in [6.07, 6.45) is 4.06. The molecule has 1 aromatic carbocycles. The molecule has 4 nitrogen and oxygen atoms in total. The lowest BCUT2D eigenvalue weighted by atomic mass is 10.1. The van der Waals surface area contributed by atoms with Crippen molar-refractivity contribution in [3.63, 3.8) is 0 Å². The number of fused-ring (bicyclic) bond motifs is 1. The Bertz CT molecular complexity index is 565. The summed E-state index contributed by atoms with van der Waals surface area (Å²) in [7, 11) is 1.68. The van der Waals surface area contributed by atoms with Crippen LogP contribution < -0.4 is 10.1 Å². The van der Waals surface area contributed by atoms with Gasteiger partial charge in [0.1, 0.15) is 11.6 Å². The first kappa shape index (κ1) is 12.2. The summed E-state index contributed by atoms with van der Waals surface area (Å²) in [5.41, 5.74) is 0. The van der Waals surface area contributed by atoms with Crippen molar-refractivity contribution in [1.29, 1.82) is 0 Å². The molecule has 2 aromatic rings. The molecule has 19 heavy (non-hydrogen) atoms. The van der Waals surface area contributed by atoms with Gasteiger partial charge in [-0.25, -0.2) is 4.98 Å². The Kier molecular flexibility index (Phi) is 3.51. The molecule has 0 radical (unpaired) electrons. The average Bonchev–Trinajstić information content (AvgIpc) is 2.48. The summed E-state index contributed by atoms with van der Waals surface area (Å²) in [4.78, 5) is 4.45. The van der Waals surface area contributed by atoms with E-state index < -0.39 is 0 Å². The van der Waals surface area contributed by atoms with E-state index >= 15 is 0 Å². The number of nitrogens with zero attached hydrogens (tertiary/aromatic N) is 1. The summed E-state index contributed by atoms with van der Waals surface area (Å²) in [6, 6.07) is 8.40. The number of aromatic nitrogens is 1. The lowest BCUT2D eigenvalue weighted by molar-refractivity contribution is 0.0875. The van der Waals surface area contributed by atoms with Gasteiger partial charge < -0.3 is 14.8 Å². The van der Waals surface area contributed by atoms with Crippen molar-refractivity contribution in [2.75, 3.05) is 25.6 Å². The normalized spacial score (nSPS) is 19.3. The van der Waals surface area contributed by atoms with Crippen molar-refractivity contribution in [2.45, 2.75) is 18.9 Å². The Labute approximate surface area is 112 Å². The van der Waals surface area contributed by atoms with Crippen LogP contribution in [0.3, 0.4) is 0 Å². The van der Waals surface area contributed by atoms with Gasteiger partial charge in [-0.05, 0) is 36.4 Å². The van der Waals surface area contributed by atoms with Gasteiger partial charge >= 0.3 is 0 Å². The van der Waals surface area contributed by atoms with Crippen molar-refractivity contribution in [3.8, 4) is 5.75 Å². The highest BCUT2D eigenvalue weighted by Gasteiger charge is 2.15. The number of methoxy groups -OCH3 is 1. The van der Waals surface area contributed by atoms with E-state index in [1.165, 1.54) is 0 Å². The van der Waals surface area contributed by atoms with E-state index in [-0.39, 0.29) is 0 Å². The number of nitrogens with one attached hydrogen (secondary N) is 1. The number of hydrogen-bond donors (Lipinski definition) is 1. The maximum absolute atomic E-state index is 5.50. The highest BCUT2D eigenvalue weighted by Crippen LogP contribution is 2.26. The van der Waals surface area contributed by atoms with E-state index in [4.69, 9.17) is 9.47 Å². The standard InChI is InChI=1S/C15H18N2O2/c1-18-13-5-4-11-6-7-16-15(14(11)9-13)17-12-3-2-8-19-10-12/h4-7,9,12H,2-3,8,10H2,1H3,(H,16,17). The molecule has 0 bridgehead atoms. The van der Waals surface area contributed by atoms with E-state index in [1.54, 1.807) is 7.11 Å². The van der Waals surface area contributed by atoms with Crippen molar-refractivity contribution in [3.05, 3.63) is 30.5 Å². The lowest BCUT2D eigenvalue weighted by Gasteiger charge is -2.24. The maximum atomic E-state index is 5.50. The Morgan fingerprint density at radius 3 is 3.11 bits per heavy atom. The number of anilines is 1. The van der Waals surface area contributed by atoms with Crippen LogP contribution in [0.25, 0.3) is 10.8 Å². The van der Waals surface area contributed by atoms with Crippen LogP contribution in [-0.2, 0) is 4.74 Å². The second-order valence-electron chi connectivity index (χ2n) is 4.81. The fraction of sp³-hybridized carbons (Fsp3) is 0.400. The van der Waals surface area contributed by atoms with Crippen molar-refractivity contribution < 1.29 is 9.47 Å². The first-order valence-electron chi connectivity index (χ1n) is 6.64. The molecule has 0 saturated carbocycles. The molecule has 1 aromatic heterocycles. The maximum Gasteiger partial charge on any atom is 0.134 e. The van der Waals surface area contributed by atoms with Gasteiger partial charge in [0.15, 0.2) is 0 Å². The van der Waals surface area contributed by atoms with Crippen LogP contribution in [0.5, 0.6) is 5.75 Å². The third kappa shape index (κ3) is 2.63. The minimum atomic E-state index is 0.345. The van der Waals surface area contributed by atoms with Gasteiger partial charge in [0.2, 0.25) is 0 Å². The van der Waals surface area contributed by atoms with Crippen LogP contribution in [-0.4, -0.2) is 31.3 Å². The second-order valence-corrected chi connectivity index (χ2v) is 4.81. The van der Waals surface area contributed by atoms with Gasteiger partial charge in [-0.15, -0.1) is 0 Å². The zero-order chi connectivity index (χ0) is 13.1. The van der Waals surface area contributed by atoms with Crippen LogP contribution in [0.1, 0.15) is 12.8 Å². The molecule has 1 aliphatic rings. The summed E-state index contributed by atoms with van der Waals surface area (Å²) >= 11 is 0. The largest absolute Gasteiger partial charge is 0.497 e. The second kappa shape index (κ2) is 5.45. The van der Waals surface area contributed by atoms with Gasteiger partial charge in [0.25, 0.3) is 0 Å². The number of ether oxygens (including phenoxy) is 2. The van der Waals surface area contributed by atoms with Crippen LogP contribution in [0, 0.1) is 0 Å². The van der Waals surface area contributed by atoms with E-state index in [1.807, 2.05) is 24.4 Å². The topological polar surface area (TPSA) is 43.4 Å². The molecular formula is C15H18N2O2. The van der Waals surface area contributed by atoms with Gasteiger partial charge in [-0.1, -0.05) is 6.07 Å². The predicted octanol–water partition coefficient (Wildman–Crippen LogP) is 2.83. The predicted molar refractivity (Wildman–Crippen MR) is 75.8 cm³/mol. The number of benzene rings is 1. The van der Waals surface area contributed by atoms with E-state index in [9.17, 15) is 0 Å². The molecular weight excluding hydrogens is 240 g/mol. The van der Waals surface area contributed by atoms with Crippen LogP contribution >= 0.6 is 0 Å². The molecule has 4 heteroatoms. The first-order chi connectivity index (χ1) is 9.36. The molecule has 3 rings (SSSR count). The zero-order valence-electron chi connectivity index (χ0n) is 11.1. The van der Waals surface area contributed by atoms with Crippen LogP contribution in [0.4, 0.5) is 5.82 Å². The molecule has 1 fully saturated rings. The number of hydrogen-bond acceptors (Lipinski definition) is 4. The van der Waals surface area contributed by atoms with Crippen molar-refractivity contribution in [1.82, 2.24) is 4.98 Å². The minimum Gasteiger partial charge on any atom is -0.497 e. The molecule has 0 aliphatic carbocycles. The Balaban J connectivity index is 1.92. The van der Waals surface area contributed by atoms with Gasteiger partial charge in [0.05, 0.1) is 19.8 Å². The van der Waals surface area contributed by atoms with Gasteiger partial charge in [0, 0.05) is 18.2 Å². The molecule has 1 N–H and O–H groups in total. The van der Waals surface area contributed by atoms with E-state index in [2.05, 4.69) is 16.4 Å². The molecule has 1 unspecified atom stereocenters. The molecule has 0 amide bonds. The molecule has 1 saturated heterocycles. The Morgan fingerprint density at radius 2 is 2.32 bits per heavy atom. The van der Waals surface area contributed by atoms with E-state index in [0.717, 1.165) is 48.4 Å². The number of pyridine rings is 1. The summed E-state index contributed by atoms with van der Waals surface area (Å²) in [5, 5.41) is 5.74. The SMILES string of the molecule is COc1ccc2ccnc(NC3CCCOC3)c2c1. The van der Waals surface area contributed by atoms with Crippen LogP contribution in [0.2, 0.25) is 0 Å². The molecule has 100 valence electrons. The van der Waals surface area contributed by atoms with Gasteiger partial charge in [-0.2, -0.15) is 0 Å². The van der Waals surface area contributed by atoms with Crippen molar-refractivity contribution >= 4 is 16.6 Å². The minimum absolute atomic E-state index is 0.345. The third-order valence-electron chi connectivity index (χ3n) is 3.47. The molecule has 2 heterocycles. The van der Waals surface area contributed by atoms with Gasteiger partial charge in [-0.3, -0.25) is 0 Å². The monoisotopic (exact) mass is 258 g/mol. The Hall–Kier alpha value is -1.81.